The number of phosphoric ester groups is 1. The molecule has 10 nitrogen and oxygen atoms in total. The van der Waals surface area contributed by atoms with E-state index >= 15 is 0 Å². The molecule has 0 amide bonds. The van der Waals surface area contributed by atoms with Crippen LogP contribution in [0.25, 0.3) is 0 Å². The van der Waals surface area contributed by atoms with Crippen molar-refractivity contribution in [2.75, 3.05) is 13.1 Å². The molecule has 0 aromatic heterocycles. The van der Waals surface area contributed by atoms with E-state index < -0.39 is 170 Å². The predicted octanol–water partition coefficient (Wildman–Crippen LogP) is 7.42. The molecular formula is C24H18F34N2NaO8PS2. The van der Waals surface area contributed by atoms with Crippen LogP contribution in [0.15, 0.2) is 0 Å². The molecule has 0 aliphatic rings. The molecule has 0 rings (SSSR count). The second-order valence-electron chi connectivity index (χ2n) is 13.2. The zero-order chi connectivity index (χ0) is 58.6. The monoisotopic (exact) mass is 1230 g/mol. The second-order valence-corrected chi connectivity index (χ2v) is 18.4. The van der Waals surface area contributed by atoms with Crippen molar-refractivity contribution >= 4 is 27.9 Å². The summed E-state index contributed by atoms with van der Waals surface area (Å²) in [5, 5.41) is -16.9. The van der Waals surface area contributed by atoms with E-state index in [2.05, 4.69) is 9.05 Å². The number of hydrogen-bond donors (Lipinski definition) is 0. The maximum absolute atomic E-state index is 14.8. The normalized spacial score (nSPS) is 18.0. The van der Waals surface area contributed by atoms with Crippen LogP contribution in [0, 0.1) is 0 Å². The number of hydrogen-bond acceptors (Lipinski definition) is 8. The molecule has 0 spiro atoms. The zero-order valence-corrected chi connectivity index (χ0v) is 38.4. The Balaban J connectivity index is 0. The van der Waals surface area contributed by atoms with Gasteiger partial charge in [0, 0.05) is 13.1 Å². The van der Waals surface area contributed by atoms with E-state index in [0.29, 0.717) is 0 Å². The van der Waals surface area contributed by atoms with E-state index in [0.717, 1.165) is 0 Å². The van der Waals surface area contributed by atoms with Crippen LogP contribution in [-0.2, 0) is 33.7 Å². The average molecular weight is 1230 g/mol. The van der Waals surface area contributed by atoms with Gasteiger partial charge in [-0.2, -0.15) is 158 Å². The van der Waals surface area contributed by atoms with Crippen LogP contribution >= 0.6 is 7.82 Å². The third-order valence-electron chi connectivity index (χ3n) is 8.65. The number of phosphoric acid groups is 1. The summed E-state index contributed by atoms with van der Waals surface area (Å²) < 4.78 is 530. The summed E-state index contributed by atoms with van der Waals surface area (Å²) >= 11 is 0. The topological polar surface area (TPSA) is 133 Å². The molecule has 0 radical (unpaired) electrons. The van der Waals surface area contributed by atoms with Crippen LogP contribution in [0.2, 0.25) is 0 Å². The Bertz CT molecular complexity index is 2060. The van der Waals surface area contributed by atoms with Crippen LogP contribution < -0.4 is 34.5 Å². The predicted molar refractivity (Wildman–Crippen MR) is 153 cm³/mol. The quantitative estimate of drug-likeness (QED) is 0.0423. The molecule has 0 aliphatic heterocycles. The van der Waals surface area contributed by atoms with Gasteiger partial charge >= 0.3 is 123 Å². The molecule has 2 unspecified atom stereocenters. The molecule has 0 aromatic carbocycles. The van der Waals surface area contributed by atoms with Crippen molar-refractivity contribution in [3.05, 3.63) is 0 Å². The summed E-state index contributed by atoms with van der Waals surface area (Å²) in [6, 6.07) is 0. The smallest absolute Gasteiger partial charge is 0.756 e. The summed E-state index contributed by atoms with van der Waals surface area (Å²) in [4.78, 5) is 12.4. The van der Waals surface area contributed by atoms with E-state index in [1.54, 1.807) is 0 Å². The standard InChI is InChI=1S/C24H19F34N2O8PS2.Na/c1-5-59(70(63,64)23(55,56)19(45,46)15(37,38)11(29,30)9(25,26)13(33,34)17(41,42)21(49,50)51)7(3)67-69(61,62)68-8(4)60(6-2)71(65,66)24(57,58)20(47,48)16(39,40)12(31,32)10(27,28)14(35,36)18(43,44)22(52,53)54;/h7-8H,5-6H2,1-4H3,(H,61,62);/q;+1/p-1. The zero-order valence-electron chi connectivity index (χ0n) is 33.8. The molecule has 0 fully saturated rings. The van der Waals surface area contributed by atoms with Crippen LogP contribution in [0.3, 0.4) is 0 Å². The van der Waals surface area contributed by atoms with Gasteiger partial charge in [0.05, 0.1) is 0 Å². The Kier molecular flexibility index (Phi) is 19.9. The number of nitrogens with zero attached hydrogens (tertiary/aromatic N) is 2. The van der Waals surface area contributed by atoms with Crippen LogP contribution in [0.1, 0.15) is 27.7 Å². The molecule has 0 N–H and O–H groups in total. The van der Waals surface area contributed by atoms with Crippen molar-refractivity contribution in [2.24, 2.45) is 0 Å². The van der Waals surface area contributed by atoms with Crippen molar-refractivity contribution in [1.29, 1.82) is 0 Å². The van der Waals surface area contributed by atoms with Crippen molar-refractivity contribution in [3.63, 3.8) is 0 Å². The van der Waals surface area contributed by atoms with Gasteiger partial charge in [-0.3, -0.25) is 13.6 Å². The molecule has 0 aliphatic carbocycles. The van der Waals surface area contributed by atoms with Gasteiger partial charge in [0.1, 0.15) is 12.5 Å². The van der Waals surface area contributed by atoms with Gasteiger partial charge in [-0.05, 0) is 13.8 Å². The summed E-state index contributed by atoms with van der Waals surface area (Å²) in [5.41, 5.74) is 0. The fourth-order valence-corrected chi connectivity index (χ4v) is 8.86. The Morgan fingerprint density at radius 2 is 0.528 bits per heavy atom. The molecule has 72 heavy (non-hydrogen) atoms. The second kappa shape index (κ2) is 19.8. The molecule has 428 valence electrons. The molecule has 0 bridgehead atoms. The minimum atomic E-state index is -9.40. The third kappa shape index (κ3) is 10.0. The molecule has 2 atom stereocenters. The van der Waals surface area contributed by atoms with Gasteiger partial charge in [0.25, 0.3) is 27.9 Å². The maximum Gasteiger partial charge on any atom is 1.00 e. The summed E-state index contributed by atoms with van der Waals surface area (Å²) in [5.74, 6) is -110. The van der Waals surface area contributed by atoms with E-state index in [9.17, 15) is 176 Å². The first-order valence-corrected chi connectivity index (χ1v) is 20.6. The van der Waals surface area contributed by atoms with Crippen molar-refractivity contribution in [2.45, 2.75) is 134 Å². The molecule has 48 heteroatoms. The first kappa shape index (κ1) is 72.6. The SMILES string of the molecule is CCN(C(C)OP(=O)([O-])OC(C)N(CC)S(=O)(=O)C(F)(F)C(F)(F)C(F)(F)C(F)(F)C(F)(F)C(F)(F)C(F)(F)C(F)(F)F)S(=O)(=O)C(F)(F)C(F)(F)C(F)(F)C(F)(F)C(F)(F)C(F)(F)C(F)(F)C(F)(F)F.[Na+]. The van der Waals surface area contributed by atoms with Crippen LogP contribution in [-0.4, -0.2) is 145 Å². The summed E-state index contributed by atoms with van der Waals surface area (Å²) in [7, 11) is -24.5. The number of sulfonamides is 2. The minimum Gasteiger partial charge on any atom is -0.756 e. The van der Waals surface area contributed by atoms with Crippen LogP contribution in [0.4, 0.5) is 149 Å². The van der Waals surface area contributed by atoms with Gasteiger partial charge < -0.3 is 4.89 Å². The van der Waals surface area contributed by atoms with E-state index in [1.807, 2.05) is 0 Å². The Labute approximate surface area is 397 Å². The molecule has 0 saturated carbocycles. The first-order valence-electron chi connectivity index (χ1n) is 16.3. The van der Waals surface area contributed by atoms with Crippen molar-refractivity contribution < 1.29 is 214 Å². The molecule has 0 heterocycles. The molecule has 0 aromatic rings. The minimum absolute atomic E-state index is 0. The Morgan fingerprint density at radius 1 is 0.375 bits per heavy atom. The van der Waals surface area contributed by atoms with Crippen LogP contribution in [0.5, 0.6) is 0 Å². The number of alkyl halides is 34. The van der Waals surface area contributed by atoms with Gasteiger partial charge in [0.2, 0.25) is 0 Å². The molecular weight excluding hydrogens is 1210 g/mol. The first-order chi connectivity index (χ1) is 30.2. The van der Waals surface area contributed by atoms with Gasteiger partial charge in [-0.25, -0.2) is 16.8 Å². The van der Waals surface area contributed by atoms with Crippen molar-refractivity contribution in [3.8, 4) is 0 Å². The number of rotatable bonds is 24. The number of halogens is 34. The Morgan fingerprint density at radius 3 is 0.681 bits per heavy atom. The fourth-order valence-electron chi connectivity index (χ4n) is 4.67. The Hall–Kier alpha value is -1.45. The summed E-state index contributed by atoms with van der Waals surface area (Å²) in [6.45, 7) is -5.98. The fraction of sp³-hybridized carbons (Fsp3) is 1.00. The van der Waals surface area contributed by atoms with Gasteiger partial charge in [-0.1, -0.05) is 13.8 Å². The van der Waals surface area contributed by atoms with Crippen molar-refractivity contribution in [1.82, 2.24) is 8.61 Å². The summed E-state index contributed by atoms with van der Waals surface area (Å²) in [6.07, 6.45) is -24.4. The van der Waals surface area contributed by atoms with Gasteiger partial charge in [-0.15, -0.1) is 0 Å². The largest absolute Gasteiger partial charge is 1.00 e. The van der Waals surface area contributed by atoms with E-state index in [1.165, 1.54) is 0 Å². The molecule has 0 saturated heterocycles. The third-order valence-corrected chi connectivity index (χ3v) is 13.9. The maximum atomic E-state index is 14.8. The van der Waals surface area contributed by atoms with Gasteiger partial charge in [0.15, 0.2) is 0 Å². The average Bonchev–Trinajstić information content (AvgIpc) is 3.12. The van der Waals surface area contributed by atoms with E-state index in [-0.39, 0.29) is 43.4 Å². The van der Waals surface area contributed by atoms with E-state index in [4.69, 9.17) is 0 Å².